The first-order chi connectivity index (χ1) is 12.2. The number of aldehydes is 1. The first-order valence-electron chi connectivity index (χ1n) is 7.84. The highest BCUT2D eigenvalue weighted by Gasteiger charge is 2.10. The second kappa shape index (κ2) is 7.53. The van der Waals surface area contributed by atoms with E-state index in [1.807, 2.05) is 42.5 Å². The molecule has 0 radical (unpaired) electrons. The highest BCUT2D eigenvalue weighted by molar-refractivity contribution is 6.04. The summed E-state index contributed by atoms with van der Waals surface area (Å²) in [6, 6.07) is 21.2. The fourth-order valence-electron chi connectivity index (χ4n) is 2.51. The second-order valence-electron chi connectivity index (χ2n) is 5.67. The Hall–Kier alpha value is -3.27. The van der Waals surface area contributed by atoms with Crippen molar-refractivity contribution in [2.24, 2.45) is 0 Å². The minimum Gasteiger partial charge on any atom is -0.319 e. The third-order valence-electron chi connectivity index (χ3n) is 3.84. The summed E-state index contributed by atoms with van der Waals surface area (Å²) in [6.07, 6.45) is 1.34. The van der Waals surface area contributed by atoms with Crippen molar-refractivity contribution in [2.45, 2.75) is 6.42 Å². The van der Waals surface area contributed by atoms with Crippen LogP contribution in [0.5, 0.6) is 0 Å². The standard InChI is InChI=1S/C21H16FNO2/c22-19-13-17(14-24)8-11-20(19)23-21(25)18-9-6-16(7-10-18)12-15-4-2-1-3-5-15/h1-11,13-14H,12H2,(H,23,25). The van der Waals surface area contributed by atoms with Gasteiger partial charge in [-0.15, -0.1) is 0 Å². The van der Waals surface area contributed by atoms with Crippen molar-refractivity contribution in [3.05, 3.63) is 101 Å². The van der Waals surface area contributed by atoms with Crippen molar-refractivity contribution in [3.8, 4) is 0 Å². The maximum atomic E-state index is 13.8. The molecule has 3 rings (SSSR count). The number of amides is 1. The van der Waals surface area contributed by atoms with Crippen LogP contribution in [0.2, 0.25) is 0 Å². The van der Waals surface area contributed by atoms with Crippen molar-refractivity contribution < 1.29 is 14.0 Å². The van der Waals surface area contributed by atoms with Gasteiger partial charge in [0.25, 0.3) is 5.91 Å². The van der Waals surface area contributed by atoms with Crippen LogP contribution in [-0.4, -0.2) is 12.2 Å². The van der Waals surface area contributed by atoms with Crippen molar-refractivity contribution >= 4 is 17.9 Å². The third kappa shape index (κ3) is 4.18. The van der Waals surface area contributed by atoms with Gasteiger partial charge in [-0.1, -0.05) is 42.5 Å². The van der Waals surface area contributed by atoms with Crippen LogP contribution in [0, 0.1) is 5.82 Å². The number of halogens is 1. The minimum absolute atomic E-state index is 0.0453. The molecule has 0 spiro atoms. The van der Waals surface area contributed by atoms with E-state index < -0.39 is 11.7 Å². The summed E-state index contributed by atoms with van der Waals surface area (Å²) in [5.74, 6) is -1.04. The molecule has 0 fully saturated rings. The summed E-state index contributed by atoms with van der Waals surface area (Å²) < 4.78 is 13.8. The molecule has 1 N–H and O–H groups in total. The Kier molecular flexibility index (Phi) is 5.00. The summed E-state index contributed by atoms with van der Waals surface area (Å²) >= 11 is 0. The highest BCUT2D eigenvalue weighted by atomic mass is 19.1. The van der Waals surface area contributed by atoms with Gasteiger partial charge in [-0.2, -0.15) is 0 Å². The number of nitrogens with one attached hydrogen (secondary N) is 1. The molecule has 124 valence electrons. The average molecular weight is 333 g/mol. The fourth-order valence-corrected chi connectivity index (χ4v) is 2.51. The Balaban J connectivity index is 1.69. The minimum atomic E-state index is -0.640. The van der Waals surface area contributed by atoms with E-state index in [1.54, 1.807) is 12.1 Å². The van der Waals surface area contributed by atoms with Crippen molar-refractivity contribution in [1.82, 2.24) is 0 Å². The topological polar surface area (TPSA) is 46.2 Å². The number of hydrogen-bond donors (Lipinski definition) is 1. The molecular weight excluding hydrogens is 317 g/mol. The van der Waals surface area contributed by atoms with E-state index in [4.69, 9.17) is 0 Å². The van der Waals surface area contributed by atoms with Gasteiger partial charge >= 0.3 is 0 Å². The number of hydrogen-bond acceptors (Lipinski definition) is 2. The number of benzene rings is 3. The Morgan fingerprint density at radius 3 is 2.24 bits per heavy atom. The van der Waals surface area contributed by atoms with Crippen molar-refractivity contribution in [3.63, 3.8) is 0 Å². The van der Waals surface area contributed by atoms with E-state index >= 15 is 0 Å². The number of anilines is 1. The van der Waals surface area contributed by atoms with Crippen LogP contribution in [0.3, 0.4) is 0 Å². The van der Waals surface area contributed by atoms with Gasteiger partial charge in [0.1, 0.15) is 12.1 Å². The van der Waals surface area contributed by atoms with Gasteiger partial charge in [-0.05, 0) is 47.9 Å². The molecule has 0 aromatic heterocycles. The fraction of sp³-hybridized carbons (Fsp3) is 0.0476. The van der Waals surface area contributed by atoms with Crippen molar-refractivity contribution in [1.29, 1.82) is 0 Å². The summed E-state index contributed by atoms with van der Waals surface area (Å²) in [7, 11) is 0. The van der Waals surface area contributed by atoms with Gasteiger partial charge < -0.3 is 5.32 Å². The van der Waals surface area contributed by atoms with Crippen LogP contribution >= 0.6 is 0 Å². The molecule has 25 heavy (non-hydrogen) atoms. The summed E-state index contributed by atoms with van der Waals surface area (Å²) in [5.41, 5.74) is 2.99. The summed E-state index contributed by atoms with van der Waals surface area (Å²) in [4.78, 5) is 22.9. The van der Waals surface area contributed by atoms with Crippen LogP contribution < -0.4 is 5.32 Å². The molecule has 0 atom stereocenters. The van der Waals surface area contributed by atoms with E-state index in [2.05, 4.69) is 5.32 Å². The molecule has 0 aliphatic rings. The molecular formula is C21H16FNO2. The largest absolute Gasteiger partial charge is 0.319 e. The predicted octanol–water partition coefficient (Wildman–Crippen LogP) is 4.48. The van der Waals surface area contributed by atoms with E-state index in [-0.39, 0.29) is 11.3 Å². The maximum absolute atomic E-state index is 13.8. The van der Waals surface area contributed by atoms with E-state index in [0.717, 1.165) is 18.1 Å². The zero-order valence-electron chi connectivity index (χ0n) is 13.4. The Morgan fingerprint density at radius 1 is 0.920 bits per heavy atom. The molecule has 1 amide bonds. The third-order valence-corrected chi connectivity index (χ3v) is 3.84. The van der Waals surface area contributed by atoms with E-state index in [9.17, 15) is 14.0 Å². The summed E-state index contributed by atoms with van der Waals surface area (Å²) in [6.45, 7) is 0. The molecule has 0 bridgehead atoms. The summed E-state index contributed by atoms with van der Waals surface area (Å²) in [5, 5.41) is 2.52. The van der Waals surface area contributed by atoms with Crippen LogP contribution in [0.25, 0.3) is 0 Å². The van der Waals surface area contributed by atoms with Gasteiger partial charge in [0.15, 0.2) is 0 Å². The smallest absolute Gasteiger partial charge is 0.255 e. The lowest BCUT2D eigenvalue weighted by molar-refractivity contribution is 0.102. The molecule has 0 aliphatic heterocycles. The van der Waals surface area contributed by atoms with Gasteiger partial charge in [-0.3, -0.25) is 9.59 Å². The van der Waals surface area contributed by atoms with Gasteiger partial charge in [0.05, 0.1) is 5.69 Å². The maximum Gasteiger partial charge on any atom is 0.255 e. The lowest BCUT2D eigenvalue weighted by Gasteiger charge is -2.08. The molecule has 0 saturated heterocycles. The molecule has 3 aromatic rings. The van der Waals surface area contributed by atoms with Crippen LogP contribution in [-0.2, 0) is 6.42 Å². The lowest BCUT2D eigenvalue weighted by atomic mass is 10.0. The molecule has 0 saturated carbocycles. The van der Waals surface area contributed by atoms with Crippen LogP contribution in [0.15, 0.2) is 72.8 Å². The number of carbonyl (C=O) groups is 2. The molecule has 0 unspecified atom stereocenters. The normalized spacial score (nSPS) is 10.3. The first-order valence-corrected chi connectivity index (χ1v) is 7.84. The average Bonchev–Trinajstić information content (AvgIpc) is 2.64. The predicted molar refractivity (Wildman–Crippen MR) is 95.4 cm³/mol. The molecule has 4 heteroatoms. The van der Waals surface area contributed by atoms with Crippen LogP contribution in [0.1, 0.15) is 31.8 Å². The van der Waals surface area contributed by atoms with Gasteiger partial charge in [0, 0.05) is 11.1 Å². The number of rotatable bonds is 5. The zero-order chi connectivity index (χ0) is 17.6. The molecule has 0 aliphatic carbocycles. The first kappa shape index (κ1) is 16.6. The van der Waals surface area contributed by atoms with Gasteiger partial charge in [-0.25, -0.2) is 4.39 Å². The number of carbonyl (C=O) groups excluding carboxylic acids is 2. The Labute approximate surface area is 145 Å². The van der Waals surface area contributed by atoms with E-state index in [1.165, 1.54) is 17.7 Å². The van der Waals surface area contributed by atoms with Gasteiger partial charge in [0.2, 0.25) is 0 Å². The van der Waals surface area contributed by atoms with Crippen molar-refractivity contribution in [2.75, 3.05) is 5.32 Å². The monoisotopic (exact) mass is 333 g/mol. The highest BCUT2D eigenvalue weighted by Crippen LogP contribution is 2.17. The Bertz CT molecular complexity index is 890. The molecule has 3 aromatic carbocycles. The Morgan fingerprint density at radius 2 is 1.60 bits per heavy atom. The van der Waals surface area contributed by atoms with E-state index in [0.29, 0.717) is 11.8 Å². The SMILES string of the molecule is O=Cc1ccc(NC(=O)c2ccc(Cc3ccccc3)cc2)c(F)c1. The second-order valence-corrected chi connectivity index (χ2v) is 5.67. The molecule has 3 nitrogen and oxygen atoms in total. The molecule has 0 heterocycles. The van der Waals surface area contributed by atoms with Crippen LogP contribution in [0.4, 0.5) is 10.1 Å². The lowest BCUT2D eigenvalue weighted by Crippen LogP contribution is -2.13. The quantitative estimate of drug-likeness (QED) is 0.700. The zero-order valence-corrected chi connectivity index (χ0v) is 13.4.